The van der Waals surface area contributed by atoms with E-state index in [1.54, 1.807) is 48.5 Å². The van der Waals surface area contributed by atoms with Crippen molar-refractivity contribution >= 4 is 29.2 Å². The lowest BCUT2D eigenvalue weighted by Gasteiger charge is -2.17. The Morgan fingerprint density at radius 2 is 1.35 bits per heavy atom. The lowest BCUT2D eigenvalue weighted by Crippen LogP contribution is -2.36. The zero-order chi connectivity index (χ0) is 22.9. The summed E-state index contributed by atoms with van der Waals surface area (Å²) in [6.07, 6.45) is 0. The van der Waals surface area contributed by atoms with E-state index in [2.05, 4.69) is 21.3 Å². The predicted molar refractivity (Wildman–Crippen MR) is 121 cm³/mol. The molecule has 0 aromatic heterocycles. The average molecular weight is 427 g/mol. The first-order valence-corrected chi connectivity index (χ1v) is 10.2. The summed E-state index contributed by atoms with van der Waals surface area (Å²) >= 11 is 0. The maximum atomic E-state index is 12.2. The van der Waals surface area contributed by atoms with Crippen molar-refractivity contribution in [3.63, 3.8) is 0 Å². The lowest BCUT2D eigenvalue weighted by atomic mass is 9.95. The number of ether oxygens (including phenoxy) is 1. The molecule has 2 aromatic carbocycles. The van der Waals surface area contributed by atoms with Crippen LogP contribution in [-0.2, 0) is 4.79 Å². The Kier molecular flexibility index (Phi) is 8.43. The summed E-state index contributed by atoms with van der Waals surface area (Å²) in [6, 6.07) is 13.3. The number of rotatable bonds is 8. The molecule has 8 nitrogen and oxygen atoms in total. The molecule has 4 N–H and O–H groups in total. The summed E-state index contributed by atoms with van der Waals surface area (Å²) in [5.41, 5.74) is 1.24. The number of benzene rings is 2. The molecule has 2 rings (SSSR count). The molecule has 0 atom stereocenters. The molecule has 166 valence electrons. The maximum absolute atomic E-state index is 12.2. The van der Waals surface area contributed by atoms with Crippen LogP contribution in [0.2, 0.25) is 0 Å². The summed E-state index contributed by atoms with van der Waals surface area (Å²) in [5.74, 6) is 0.377. The third-order valence-electron chi connectivity index (χ3n) is 4.21. The van der Waals surface area contributed by atoms with Crippen molar-refractivity contribution in [3.8, 4) is 5.75 Å². The van der Waals surface area contributed by atoms with E-state index in [9.17, 15) is 14.4 Å². The van der Waals surface area contributed by atoms with Gasteiger partial charge in [0.25, 0.3) is 5.91 Å². The Morgan fingerprint density at radius 1 is 0.806 bits per heavy atom. The summed E-state index contributed by atoms with van der Waals surface area (Å²) in [6.45, 7) is 8.52. The molecule has 0 bridgehead atoms. The minimum absolute atomic E-state index is 0.0979. The van der Waals surface area contributed by atoms with Crippen LogP contribution in [0.1, 0.15) is 38.1 Å². The van der Waals surface area contributed by atoms with Gasteiger partial charge in [0.1, 0.15) is 5.75 Å². The standard InChI is InChI=1S/C23H30N4O4/c1-5-31-19-12-10-18(11-13-19)27-22(30)25-15-14-24-20(28)16-6-8-17(9-7-16)26-21(29)23(2,3)4/h6-13H,5,14-15H2,1-4H3,(H,24,28)(H,26,29)(H2,25,27,30). The third-order valence-corrected chi connectivity index (χ3v) is 4.21. The SMILES string of the molecule is CCOc1ccc(NC(=O)NCCNC(=O)c2ccc(NC(=O)C(C)(C)C)cc2)cc1. The molecule has 0 spiro atoms. The van der Waals surface area contributed by atoms with Crippen LogP contribution < -0.4 is 26.0 Å². The minimum atomic E-state index is -0.498. The molecule has 0 saturated carbocycles. The van der Waals surface area contributed by atoms with Crippen LogP contribution >= 0.6 is 0 Å². The highest BCUT2D eigenvalue weighted by Gasteiger charge is 2.21. The normalized spacial score (nSPS) is 10.7. The van der Waals surface area contributed by atoms with Crippen molar-refractivity contribution in [2.75, 3.05) is 30.3 Å². The summed E-state index contributed by atoms with van der Waals surface area (Å²) in [7, 11) is 0. The number of anilines is 2. The zero-order valence-corrected chi connectivity index (χ0v) is 18.4. The van der Waals surface area contributed by atoms with Crippen LogP contribution in [0, 0.1) is 5.41 Å². The van der Waals surface area contributed by atoms with Crippen molar-refractivity contribution < 1.29 is 19.1 Å². The van der Waals surface area contributed by atoms with Crippen LogP contribution in [-0.4, -0.2) is 37.5 Å². The van der Waals surface area contributed by atoms with Gasteiger partial charge in [-0.25, -0.2) is 4.79 Å². The van der Waals surface area contributed by atoms with Gasteiger partial charge in [0.2, 0.25) is 5.91 Å². The highest BCUT2D eigenvalue weighted by molar-refractivity contribution is 5.97. The van der Waals surface area contributed by atoms with Gasteiger partial charge in [-0.1, -0.05) is 20.8 Å². The van der Waals surface area contributed by atoms with Gasteiger partial charge < -0.3 is 26.0 Å². The van der Waals surface area contributed by atoms with E-state index >= 15 is 0 Å². The largest absolute Gasteiger partial charge is 0.494 e. The molecule has 0 heterocycles. The molecule has 0 aliphatic carbocycles. The Labute approximate surface area is 182 Å². The molecule has 0 fully saturated rings. The van der Waals surface area contributed by atoms with Crippen molar-refractivity contribution in [2.24, 2.45) is 5.41 Å². The van der Waals surface area contributed by atoms with Gasteiger partial charge in [-0.3, -0.25) is 9.59 Å². The first kappa shape index (κ1) is 23.7. The van der Waals surface area contributed by atoms with Crippen LogP contribution in [0.25, 0.3) is 0 Å². The highest BCUT2D eigenvalue weighted by Crippen LogP contribution is 2.18. The van der Waals surface area contributed by atoms with Crippen LogP contribution in [0.4, 0.5) is 16.2 Å². The number of carbonyl (C=O) groups excluding carboxylic acids is 3. The van der Waals surface area contributed by atoms with Gasteiger partial charge in [-0.05, 0) is 55.5 Å². The Morgan fingerprint density at radius 3 is 1.94 bits per heavy atom. The minimum Gasteiger partial charge on any atom is -0.494 e. The highest BCUT2D eigenvalue weighted by atomic mass is 16.5. The molecule has 31 heavy (non-hydrogen) atoms. The van der Waals surface area contributed by atoms with Gasteiger partial charge in [0.05, 0.1) is 6.61 Å². The lowest BCUT2D eigenvalue weighted by molar-refractivity contribution is -0.123. The van der Waals surface area contributed by atoms with Crippen molar-refractivity contribution in [1.29, 1.82) is 0 Å². The molecule has 0 aliphatic rings. The fraction of sp³-hybridized carbons (Fsp3) is 0.348. The van der Waals surface area contributed by atoms with E-state index in [-0.39, 0.29) is 30.9 Å². The van der Waals surface area contributed by atoms with Gasteiger partial charge in [0, 0.05) is 35.4 Å². The van der Waals surface area contributed by atoms with E-state index < -0.39 is 5.41 Å². The quantitative estimate of drug-likeness (QED) is 0.484. The predicted octanol–water partition coefficient (Wildman–Crippen LogP) is 3.62. The van der Waals surface area contributed by atoms with Crippen LogP contribution in [0.3, 0.4) is 0 Å². The smallest absolute Gasteiger partial charge is 0.319 e. The van der Waals surface area contributed by atoms with Gasteiger partial charge in [-0.2, -0.15) is 0 Å². The van der Waals surface area contributed by atoms with E-state index in [1.165, 1.54) is 0 Å². The maximum Gasteiger partial charge on any atom is 0.319 e. The van der Waals surface area contributed by atoms with Crippen molar-refractivity contribution in [2.45, 2.75) is 27.7 Å². The van der Waals surface area contributed by atoms with E-state index in [4.69, 9.17) is 4.74 Å². The van der Waals surface area contributed by atoms with E-state index in [1.807, 2.05) is 27.7 Å². The molecular formula is C23H30N4O4. The second-order valence-corrected chi connectivity index (χ2v) is 7.88. The zero-order valence-electron chi connectivity index (χ0n) is 18.4. The average Bonchev–Trinajstić information content (AvgIpc) is 2.72. The Hall–Kier alpha value is -3.55. The second kappa shape index (κ2) is 11.0. The first-order chi connectivity index (χ1) is 14.7. The fourth-order valence-corrected chi connectivity index (χ4v) is 2.45. The molecule has 4 amide bonds. The fourth-order valence-electron chi connectivity index (χ4n) is 2.45. The van der Waals surface area contributed by atoms with Gasteiger partial charge >= 0.3 is 6.03 Å². The second-order valence-electron chi connectivity index (χ2n) is 7.88. The van der Waals surface area contributed by atoms with E-state index in [0.717, 1.165) is 5.75 Å². The molecule has 0 radical (unpaired) electrons. The summed E-state index contributed by atoms with van der Waals surface area (Å²) < 4.78 is 5.35. The monoisotopic (exact) mass is 426 g/mol. The Bertz CT molecular complexity index is 887. The summed E-state index contributed by atoms with van der Waals surface area (Å²) in [4.78, 5) is 36.2. The number of hydrogen-bond acceptors (Lipinski definition) is 4. The van der Waals surface area contributed by atoms with Crippen LogP contribution in [0.15, 0.2) is 48.5 Å². The topological polar surface area (TPSA) is 109 Å². The third kappa shape index (κ3) is 8.00. The van der Waals surface area contributed by atoms with E-state index in [0.29, 0.717) is 23.5 Å². The van der Waals surface area contributed by atoms with Crippen molar-refractivity contribution in [3.05, 3.63) is 54.1 Å². The molecule has 0 aliphatic heterocycles. The Balaban J connectivity index is 1.71. The molecular weight excluding hydrogens is 396 g/mol. The molecule has 0 saturated heterocycles. The number of nitrogens with one attached hydrogen (secondary N) is 4. The number of hydrogen-bond donors (Lipinski definition) is 4. The number of carbonyl (C=O) groups is 3. The van der Waals surface area contributed by atoms with Gasteiger partial charge in [-0.15, -0.1) is 0 Å². The van der Waals surface area contributed by atoms with Gasteiger partial charge in [0.15, 0.2) is 0 Å². The molecule has 0 unspecified atom stereocenters. The van der Waals surface area contributed by atoms with Crippen LogP contribution in [0.5, 0.6) is 5.75 Å². The molecule has 8 heteroatoms. The number of amides is 4. The summed E-state index contributed by atoms with van der Waals surface area (Å²) in [5, 5.41) is 10.9. The molecule has 2 aromatic rings. The van der Waals surface area contributed by atoms with Crippen molar-refractivity contribution in [1.82, 2.24) is 10.6 Å². The first-order valence-electron chi connectivity index (χ1n) is 10.2. The number of urea groups is 1.